The molecule has 2 rings (SSSR count). The topological polar surface area (TPSA) is 44.8 Å². The molecule has 0 unspecified atom stereocenters. The first-order valence-electron chi connectivity index (χ1n) is 8.90. The fourth-order valence-corrected chi connectivity index (χ4v) is 2.90. The van der Waals surface area contributed by atoms with Crippen LogP contribution in [0, 0.1) is 5.82 Å². The number of nitrogens with one attached hydrogen (secondary N) is 1. The number of ether oxygens (including phenoxy) is 1. The van der Waals surface area contributed by atoms with Crippen molar-refractivity contribution in [2.24, 2.45) is 0 Å². The molecule has 0 saturated heterocycles. The van der Waals surface area contributed by atoms with Gasteiger partial charge in [-0.15, -0.1) is 0 Å². The molecule has 0 radical (unpaired) electrons. The van der Waals surface area contributed by atoms with Crippen molar-refractivity contribution in [2.45, 2.75) is 19.0 Å². The summed E-state index contributed by atoms with van der Waals surface area (Å²) >= 11 is 0. The van der Waals surface area contributed by atoms with Crippen LogP contribution in [0.15, 0.2) is 48.5 Å². The number of urea groups is 1. The maximum Gasteiger partial charge on any atom is 0.317 e. The molecule has 6 heteroatoms. The maximum atomic E-state index is 13.1. The van der Waals surface area contributed by atoms with E-state index in [1.165, 1.54) is 12.1 Å². The Hall–Kier alpha value is -2.60. The quantitative estimate of drug-likeness (QED) is 0.802. The highest BCUT2D eigenvalue weighted by atomic mass is 19.1. The standard InChI is InChI=1S/C21H28FN3O2/c1-15(16-9-11-18(22)12-10-16)25(4)21(26)23-14-20(24(2)3)17-7-6-8-19(13-17)27-5/h6-13,15,20H,14H2,1-5H3,(H,23,26)/t15-,20-/m0/s1. The van der Waals surface area contributed by atoms with Crippen molar-refractivity contribution in [1.82, 2.24) is 15.1 Å². The Bertz CT molecular complexity index is 749. The molecule has 2 amide bonds. The predicted octanol–water partition coefficient (Wildman–Crippen LogP) is 3.84. The number of carbonyl (C=O) groups excluding carboxylic acids is 1. The molecule has 0 heterocycles. The van der Waals surface area contributed by atoms with Crippen LogP contribution in [0.5, 0.6) is 5.75 Å². The summed E-state index contributed by atoms with van der Waals surface area (Å²) < 4.78 is 18.4. The van der Waals surface area contributed by atoms with Gasteiger partial charge in [0.25, 0.3) is 0 Å². The van der Waals surface area contributed by atoms with Gasteiger partial charge in [-0.2, -0.15) is 0 Å². The van der Waals surface area contributed by atoms with E-state index in [-0.39, 0.29) is 23.9 Å². The molecule has 5 nitrogen and oxygen atoms in total. The van der Waals surface area contributed by atoms with Gasteiger partial charge in [0, 0.05) is 13.6 Å². The lowest BCUT2D eigenvalue weighted by Gasteiger charge is -2.29. The van der Waals surface area contributed by atoms with Gasteiger partial charge in [0.15, 0.2) is 0 Å². The third-order valence-corrected chi connectivity index (χ3v) is 4.80. The van der Waals surface area contributed by atoms with Crippen LogP contribution in [0.3, 0.4) is 0 Å². The summed E-state index contributed by atoms with van der Waals surface area (Å²) in [6.45, 7) is 2.37. The van der Waals surface area contributed by atoms with Gasteiger partial charge < -0.3 is 19.9 Å². The fraction of sp³-hybridized carbons (Fsp3) is 0.381. The molecule has 0 aliphatic rings. The summed E-state index contributed by atoms with van der Waals surface area (Å²) in [6.07, 6.45) is 0. The van der Waals surface area contributed by atoms with E-state index in [1.807, 2.05) is 45.3 Å². The van der Waals surface area contributed by atoms with Crippen LogP contribution in [-0.2, 0) is 0 Å². The molecular weight excluding hydrogens is 345 g/mol. The third kappa shape index (κ3) is 5.44. The Balaban J connectivity index is 2.03. The summed E-state index contributed by atoms with van der Waals surface area (Å²) in [7, 11) is 7.32. The number of likely N-dealkylation sites (N-methyl/N-ethyl adjacent to an activating group) is 1. The fourth-order valence-electron chi connectivity index (χ4n) is 2.90. The lowest BCUT2D eigenvalue weighted by Crippen LogP contribution is -2.42. The number of hydrogen-bond acceptors (Lipinski definition) is 3. The normalized spacial score (nSPS) is 13.1. The van der Waals surface area contributed by atoms with Gasteiger partial charge >= 0.3 is 6.03 Å². The first kappa shape index (κ1) is 20.7. The van der Waals surface area contributed by atoms with Crippen molar-refractivity contribution in [2.75, 3.05) is 34.8 Å². The van der Waals surface area contributed by atoms with Crippen LogP contribution in [0.4, 0.5) is 9.18 Å². The molecule has 2 aromatic carbocycles. The van der Waals surface area contributed by atoms with Crippen molar-refractivity contribution in [3.8, 4) is 5.75 Å². The molecule has 0 aliphatic carbocycles. The maximum absolute atomic E-state index is 13.1. The van der Waals surface area contributed by atoms with Gasteiger partial charge in [-0.3, -0.25) is 0 Å². The number of rotatable bonds is 7. The molecule has 0 aromatic heterocycles. The zero-order valence-corrected chi connectivity index (χ0v) is 16.6. The summed E-state index contributed by atoms with van der Waals surface area (Å²) in [5.74, 6) is 0.498. The van der Waals surface area contributed by atoms with Crippen LogP contribution >= 0.6 is 0 Å². The molecule has 2 atom stereocenters. The average Bonchev–Trinajstić information content (AvgIpc) is 2.67. The summed E-state index contributed by atoms with van der Waals surface area (Å²) in [6, 6.07) is 13.7. The molecule has 27 heavy (non-hydrogen) atoms. The second kappa shape index (κ2) is 9.37. The Morgan fingerprint density at radius 2 is 1.78 bits per heavy atom. The van der Waals surface area contributed by atoms with Crippen LogP contribution in [0.2, 0.25) is 0 Å². The number of amides is 2. The Labute approximate surface area is 160 Å². The number of nitrogens with zero attached hydrogens (tertiary/aromatic N) is 2. The van der Waals surface area contributed by atoms with E-state index in [4.69, 9.17) is 4.74 Å². The second-order valence-corrected chi connectivity index (χ2v) is 6.78. The van der Waals surface area contributed by atoms with E-state index >= 15 is 0 Å². The summed E-state index contributed by atoms with van der Waals surface area (Å²) in [5, 5.41) is 2.99. The smallest absolute Gasteiger partial charge is 0.317 e. The summed E-state index contributed by atoms with van der Waals surface area (Å²) in [5.41, 5.74) is 1.94. The molecule has 1 N–H and O–H groups in total. The zero-order chi connectivity index (χ0) is 20.0. The lowest BCUT2D eigenvalue weighted by atomic mass is 10.1. The largest absolute Gasteiger partial charge is 0.497 e. The minimum absolute atomic E-state index is 0.0126. The number of methoxy groups -OCH3 is 1. The van der Waals surface area contributed by atoms with Crippen LogP contribution in [-0.4, -0.2) is 50.6 Å². The van der Waals surface area contributed by atoms with Gasteiger partial charge in [0.2, 0.25) is 0 Å². The number of carbonyl (C=O) groups is 1. The van der Waals surface area contributed by atoms with E-state index in [9.17, 15) is 9.18 Å². The van der Waals surface area contributed by atoms with Gasteiger partial charge in [0.1, 0.15) is 11.6 Å². The van der Waals surface area contributed by atoms with Gasteiger partial charge in [-0.25, -0.2) is 9.18 Å². The Morgan fingerprint density at radius 3 is 2.37 bits per heavy atom. The molecule has 0 saturated carbocycles. The van der Waals surface area contributed by atoms with Crippen LogP contribution < -0.4 is 10.1 Å². The molecule has 2 aromatic rings. The molecule has 0 spiro atoms. The number of benzene rings is 2. The highest BCUT2D eigenvalue weighted by Gasteiger charge is 2.20. The van der Waals surface area contributed by atoms with Gasteiger partial charge in [-0.1, -0.05) is 24.3 Å². The molecular formula is C21H28FN3O2. The van der Waals surface area contributed by atoms with Crippen LogP contribution in [0.1, 0.15) is 30.1 Å². The van der Waals surface area contributed by atoms with Crippen molar-refractivity contribution >= 4 is 6.03 Å². The monoisotopic (exact) mass is 373 g/mol. The van der Waals surface area contributed by atoms with Crippen LogP contribution in [0.25, 0.3) is 0 Å². The van der Waals surface area contributed by atoms with Gasteiger partial charge in [-0.05, 0) is 56.4 Å². The SMILES string of the molecule is COc1cccc([C@H](CNC(=O)N(C)[C@@H](C)c2ccc(F)cc2)N(C)C)c1. The predicted molar refractivity (Wildman–Crippen MR) is 105 cm³/mol. The van der Waals surface area contributed by atoms with Crippen molar-refractivity contribution in [1.29, 1.82) is 0 Å². The van der Waals surface area contributed by atoms with Crippen molar-refractivity contribution in [3.05, 3.63) is 65.5 Å². The zero-order valence-electron chi connectivity index (χ0n) is 16.6. The third-order valence-electron chi connectivity index (χ3n) is 4.80. The van der Waals surface area contributed by atoms with E-state index < -0.39 is 0 Å². The average molecular weight is 373 g/mol. The summed E-state index contributed by atoms with van der Waals surface area (Å²) in [4.78, 5) is 16.3. The minimum Gasteiger partial charge on any atom is -0.497 e. The molecule has 0 fully saturated rings. The van der Waals surface area contributed by atoms with Crippen molar-refractivity contribution < 1.29 is 13.9 Å². The second-order valence-electron chi connectivity index (χ2n) is 6.78. The van der Waals surface area contributed by atoms with Crippen molar-refractivity contribution in [3.63, 3.8) is 0 Å². The molecule has 0 bridgehead atoms. The van der Waals surface area contributed by atoms with E-state index in [0.717, 1.165) is 16.9 Å². The number of hydrogen-bond donors (Lipinski definition) is 1. The molecule has 0 aliphatic heterocycles. The van der Waals surface area contributed by atoms with E-state index in [1.54, 1.807) is 31.2 Å². The highest BCUT2D eigenvalue weighted by molar-refractivity contribution is 5.74. The first-order valence-corrected chi connectivity index (χ1v) is 8.90. The molecule has 146 valence electrons. The Morgan fingerprint density at radius 1 is 1.11 bits per heavy atom. The lowest BCUT2D eigenvalue weighted by molar-refractivity contribution is 0.189. The Kier molecular flexibility index (Phi) is 7.19. The first-order chi connectivity index (χ1) is 12.8. The van der Waals surface area contributed by atoms with E-state index in [0.29, 0.717) is 6.54 Å². The highest BCUT2D eigenvalue weighted by Crippen LogP contribution is 2.23. The van der Waals surface area contributed by atoms with E-state index in [2.05, 4.69) is 10.2 Å². The van der Waals surface area contributed by atoms with Gasteiger partial charge in [0.05, 0.1) is 19.2 Å². The number of halogens is 1. The minimum atomic E-state index is -0.287.